The Hall–Kier alpha value is -2.92. The van der Waals surface area contributed by atoms with Gasteiger partial charge in [-0.15, -0.1) is 0 Å². The van der Waals surface area contributed by atoms with Crippen LogP contribution in [0.2, 0.25) is 0 Å². The number of rotatable bonds is 11. The molecule has 0 spiro atoms. The average molecular weight is 550 g/mol. The van der Waals surface area contributed by atoms with Crippen molar-refractivity contribution in [3.05, 3.63) is 106 Å². The number of carbonyl (C=O) groups is 2. The second kappa shape index (κ2) is 13.4. The minimum atomic E-state index is -0.607. The van der Waals surface area contributed by atoms with Crippen LogP contribution in [-0.2, 0) is 29.0 Å². The molecule has 0 aliphatic rings. The van der Waals surface area contributed by atoms with E-state index < -0.39 is 6.04 Å². The fourth-order valence-corrected chi connectivity index (χ4v) is 4.68. The Bertz CT molecular complexity index is 1130. The molecule has 0 heterocycles. The lowest BCUT2D eigenvalue weighted by molar-refractivity contribution is -0.141. The van der Waals surface area contributed by atoms with E-state index in [1.54, 1.807) is 4.90 Å². The first-order chi connectivity index (χ1) is 17.2. The molecule has 4 nitrogen and oxygen atoms in total. The van der Waals surface area contributed by atoms with Crippen molar-refractivity contribution in [1.82, 2.24) is 10.2 Å². The third-order valence-electron chi connectivity index (χ3n) is 6.22. The summed E-state index contributed by atoms with van der Waals surface area (Å²) in [5.74, 6) is 0.320. The van der Waals surface area contributed by atoms with Gasteiger partial charge in [0.05, 0.1) is 0 Å². The molecule has 1 atom stereocenters. The summed E-state index contributed by atoms with van der Waals surface area (Å²) in [5, 5.41) is 3.04. The monoisotopic (exact) mass is 548 g/mol. The number of nitrogens with zero attached hydrogens (tertiary/aromatic N) is 1. The van der Waals surface area contributed by atoms with Gasteiger partial charge < -0.3 is 10.2 Å². The van der Waals surface area contributed by atoms with Crippen molar-refractivity contribution in [3.8, 4) is 0 Å². The number of hydrogen-bond acceptors (Lipinski definition) is 2. The van der Waals surface area contributed by atoms with Gasteiger partial charge in [0.2, 0.25) is 11.8 Å². The Morgan fingerprint density at radius 3 is 2.11 bits per heavy atom. The summed E-state index contributed by atoms with van der Waals surface area (Å²) in [6.45, 7) is 8.60. The SMILES string of the molecule is CC(C)NC(=O)C(Cc1ccccc1)N(Cc1cccc(Br)c1)C(=O)CCc1ccc(C(C)C)cc1. The molecule has 190 valence electrons. The lowest BCUT2D eigenvalue weighted by Crippen LogP contribution is -2.51. The number of amides is 2. The Morgan fingerprint density at radius 2 is 1.50 bits per heavy atom. The number of hydrogen-bond donors (Lipinski definition) is 1. The molecule has 3 aromatic rings. The zero-order valence-electron chi connectivity index (χ0n) is 21.7. The highest BCUT2D eigenvalue weighted by Crippen LogP contribution is 2.20. The van der Waals surface area contributed by atoms with Crippen LogP contribution in [0.5, 0.6) is 0 Å². The van der Waals surface area contributed by atoms with E-state index in [9.17, 15) is 9.59 Å². The van der Waals surface area contributed by atoms with E-state index in [2.05, 4.69) is 59.4 Å². The fraction of sp³-hybridized carbons (Fsp3) is 0.355. The van der Waals surface area contributed by atoms with Crippen molar-refractivity contribution < 1.29 is 9.59 Å². The maximum Gasteiger partial charge on any atom is 0.243 e. The van der Waals surface area contributed by atoms with Crippen molar-refractivity contribution in [2.75, 3.05) is 0 Å². The van der Waals surface area contributed by atoms with E-state index in [0.717, 1.165) is 21.2 Å². The smallest absolute Gasteiger partial charge is 0.243 e. The standard InChI is InChI=1S/C31H37BrN2O2/c1-22(2)27-16-13-24(14-17-27)15-18-30(35)34(21-26-11-8-12-28(32)19-26)29(31(36)33-23(3)4)20-25-9-6-5-7-10-25/h5-14,16-17,19,22-23,29H,15,18,20-21H2,1-4H3,(H,33,36). The molecule has 0 fully saturated rings. The maximum absolute atomic E-state index is 13.7. The summed E-state index contributed by atoms with van der Waals surface area (Å²) in [5.41, 5.74) is 4.42. The van der Waals surface area contributed by atoms with Crippen LogP contribution in [0.1, 0.15) is 62.3 Å². The summed E-state index contributed by atoms with van der Waals surface area (Å²) >= 11 is 3.54. The zero-order chi connectivity index (χ0) is 26.1. The van der Waals surface area contributed by atoms with Crippen molar-refractivity contribution in [1.29, 1.82) is 0 Å². The van der Waals surface area contributed by atoms with E-state index >= 15 is 0 Å². The molecule has 2 amide bonds. The van der Waals surface area contributed by atoms with E-state index in [1.807, 2.05) is 68.4 Å². The Labute approximate surface area is 224 Å². The summed E-state index contributed by atoms with van der Waals surface area (Å²) in [6.07, 6.45) is 1.44. The van der Waals surface area contributed by atoms with Gasteiger partial charge in [0.1, 0.15) is 6.04 Å². The summed E-state index contributed by atoms with van der Waals surface area (Å²) in [7, 11) is 0. The minimum Gasteiger partial charge on any atom is -0.352 e. The second-order valence-electron chi connectivity index (χ2n) is 9.92. The fourth-order valence-electron chi connectivity index (χ4n) is 4.23. The third-order valence-corrected chi connectivity index (χ3v) is 6.71. The second-order valence-corrected chi connectivity index (χ2v) is 10.8. The van der Waals surface area contributed by atoms with E-state index in [0.29, 0.717) is 31.7 Å². The number of benzene rings is 3. The van der Waals surface area contributed by atoms with Crippen LogP contribution in [-0.4, -0.2) is 28.8 Å². The highest BCUT2D eigenvalue weighted by molar-refractivity contribution is 9.10. The molecule has 5 heteroatoms. The first-order valence-electron chi connectivity index (χ1n) is 12.7. The molecule has 0 radical (unpaired) electrons. The normalized spacial score (nSPS) is 12.0. The zero-order valence-corrected chi connectivity index (χ0v) is 23.3. The highest BCUT2D eigenvalue weighted by Gasteiger charge is 2.30. The van der Waals surface area contributed by atoms with Crippen LogP contribution in [0, 0.1) is 0 Å². The third kappa shape index (κ3) is 8.34. The van der Waals surface area contributed by atoms with E-state index in [1.165, 1.54) is 5.56 Å². The summed E-state index contributed by atoms with van der Waals surface area (Å²) < 4.78 is 0.948. The van der Waals surface area contributed by atoms with Crippen LogP contribution in [0.3, 0.4) is 0 Å². The molecule has 3 rings (SSSR count). The van der Waals surface area contributed by atoms with Gasteiger partial charge in [-0.25, -0.2) is 0 Å². The van der Waals surface area contributed by atoms with Gasteiger partial charge in [0, 0.05) is 29.9 Å². The largest absolute Gasteiger partial charge is 0.352 e. The molecule has 0 saturated heterocycles. The average Bonchev–Trinajstić information content (AvgIpc) is 2.85. The van der Waals surface area contributed by atoms with E-state index in [-0.39, 0.29) is 17.9 Å². The van der Waals surface area contributed by atoms with Gasteiger partial charge >= 0.3 is 0 Å². The number of nitrogens with one attached hydrogen (secondary N) is 1. The van der Waals surface area contributed by atoms with Crippen LogP contribution in [0.15, 0.2) is 83.3 Å². The summed E-state index contributed by atoms with van der Waals surface area (Å²) in [6, 6.07) is 25.7. The van der Waals surface area contributed by atoms with Crippen molar-refractivity contribution >= 4 is 27.7 Å². The van der Waals surface area contributed by atoms with Crippen molar-refractivity contribution in [3.63, 3.8) is 0 Å². The number of halogens is 1. The molecular weight excluding hydrogens is 512 g/mol. The van der Waals surface area contributed by atoms with Gasteiger partial charge in [0.15, 0.2) is 0 Å². The predicted molar refractivity (Wildman–Crippen MR) is 151 cm³/mol. The molecule has 1 N–H and O–H groups in total. The van der Waals surface area contributed by atoms with Gasteiger partial charge in [-0.3, -0.25) is 9.59 Å². The van der Waals surface area contributed by atoms with Gasteiger partial charge in [0.25, 0.3) is 0 Å². The summed E-state index contributed by atoms with van der Waals surface area (Å²) in [4.78, 5) is 28.9. The molecule has 0 bridgehead atoms. The first-order valence-corrected chi connectivity index (χ1v) is 13.5. The molecular formula is C31H37BrN2O2. The molecule has 0 aromatic heterocycles. The molecule has 0 saturated carbocycles. The molecule has 0 aliphatic heterocycles. The van der Waals surface area contributed by atoms with Gasteiger partial charge in [-0.1, -0.05) is 96.5 Å². The van der Waals surface area contributed by atoms with Crippen molar-refractivity contribution in [2.45, 2.75) is 71.5 Å². The molecule has 1 unspecified atom stereocenters. The van der Waals surface area contributed by atoms with E-state index in [4.69, 9.17) is 0 Å². The molecule has 36 heavy (non-hydrogen) atoms. The number of carbonyl (C=O) groups excluding carboxylic acids is 2. The predicted octanol–water partition coefficient (Wildman–Crippen LogP) is 6.67. The van der Waals surface area contributed by atoms with Crippen LogP contribution in [0.4, 0.5) is 0 Å². The minimum absolute atomic E-state index is 0.0157. The first kappa shape index (κ1) is 27.7. The lowest BCUT2D eigenvalue weighted by atomic mass is 9.99. The van der Waals surface area contributed by atoms with Crippen LogP contribution in [0.25, 0.3) is 0 Å². The van der Waals surface area contributed by atoms with Gasteiger partial charge in [-0.2, -0.15) is 0 Å². The Balaban J connectivity index is 1.88. The molecule has 0 aliphatic carbocycles. The van der Waals surface area contributed by atoms with Crippen molar-refractivity contribution in [2.24, 2.45) is 0 Å². The Kier molecular flexibility index (Phi) is 10.3. The Morgan fingerprint density at radius 1 is 0.833 bits per heavy atom. The topological polar surface area (TPSA) is 49.4 Å². The maximum atomic E-state index is 13.7. The molecule has 3 aromatic carbocycles. The van der Waals surface area contributed by atoms with Crippen LogP contribution < -0.4 is 5.32 Å². The lowest BCUT2D eigenvalue weighted by Gasteiger charge is -2.32. The quantitative estimate of drug-likeness (QED) is 0.291. The van der Waals surface area contributed by atoms with Crippen LogP contribution >= 0.6 is 15.9 Å². The van der Waals surface area contributed by atoms with Gasteiger partial charge in [-0.05, 0) is 60.6 Å². The number of aryl methyl sites for hydroxylation is 1. The highest BCUT2D eigenvalue weighted by atomic mass is 79.9.